The highest BCUT2D eigenvalue weighted by Gasteiger charge is 2.22. The van der Waals surface area contributed by atoms with E-state index < -0.39 is 27.8 Å². The van der Waals surface area contributed by atoms with Gasteiger partial charge in [0.05, 0.1) is 5.75 Å². The first-order valence-electron chi connectivity index (χ1n) is 5.95. The number of hydrogen-bond donors (Lipinski definition) is 2. The Morgan fingerprint density at radius 3 is 2.52 bits per heavy atom. The molecular weight excluding hydrogens is 320 g/mol. The first kappa shape index (κ1) is 17.4. The molecule has 0 saturated carbocycles. The van der Waals surface area contributed by atoms with Gasteiger partial charge < -0.3 is 10.4 Å². The molecule has 0 saturated heterocycles. The summed E-state index contributed by atoms with van der Waals surface area (Å²) >= 11 is 0.944. The third-order valence-corrected chi connectivity index (χ3v) is 4.55. The van der Waals surface area contributed by atoms with Gasteiger partial charge in [-0.3, -0.25) is 14.2 Å². The zero-order valence-electron chi connectivity index (χ0n) is 11.5. The van der Waals surface area contributed by atoms with Gasteiger partial charge in [-0.25, -0.2) is 13.2 Å². The zero-order chi connectivity index (χ0) is 16.2. The van der Waals surface area contributed by atoms with Crippen molar-refractivity contribution in [1.29, 1.82) is 0 Å². The highest BCUT2D eigenvalue weighted by atomic mass is 32.2. The van der Waals surface area contributed by atoms with Gasteiger partial charge in [0.1, 0.15) is 22.4 Å². The number of nitrogens with zero attached hydrogens (tertiary/aromatic N) is 1. The summed E-state index contributed by atoms with van der Waals surface area (Å²) in [5.74, 6) is -2.32. The normalized spacial score (nSPS) is 12.9. The maximum atomic E-state index is 11.8. The lowest BCUT2D eigenvalue weighted by atomic mass is 10.2. The second kappa shape index (κ2) is 6.85. The minimum Gasteiger partial charge on any atom is -0.480 e. The van der Waals surface area contributed by atoms with Gasteiger partial charge in [-0.1, -0.05) is 11.3 Å². The van der Waals surface area contributed by atoms with Gasteiger partial charge in [-0.05, 0) is 13.3 Å². The molecule has 1 aromatic rings. The standard InChI is InChI=1S/C11H16N2O6S2/c1-7-6-20-11(17)13(7)5-9(14)12-8(10(15)16)3-4-21(2,18)19/h6,8H,3-5H2,1-2H3,(H,12,14)(H,15,16). The van der Waals surface area contributed by atoms with Crippen LogP contribution < -0.4 is 10.2 Å². The Balaban J connectivity index is 2.69. The van der Waals surface area contributed by atoms with Gasteiger partial charge in [0.25, 0.3) is 0 Å². The number of aliphatic carboxylic acids is 1. The van der Waals surface area contributed by atoms with Crippen molar-refractivity contribution in [2.75, 3.05) is 12.0 Å². The number of carboxylic acid groups (broad SMARTS) is 1. The van der Waals surface area contributed by atoms with Crippen molar-refractivity contribution in [2.24, 2.45) is 0 Å². The van der Waals surface area contributed by atoms with Gasteiger partial charge in [-0.2, -0.15) is 0 Å². The van der Waals surface area contributed by atoms with Crippen molar-refractivity contribution >= 4 is 33.1 Å². The van der Waals surface area contributed by atoms with Crippen molar-refractivity contribution < 1.29 is 23.1 Å². The maximum Gasteiger partial charge on any atom is 0.326 e. The Morgan fingerprint density at radius 2 is 2.10 bits per heavy atom. The molecule has 0 spiro atoms. The van der Waals surface area contributed by atoms with Crippen LogP contribution >= 0.6 is 11.3 Å². The molecule has 2 N–H and O–H groups in total. The third-order valence-electron chi connectivity index (χ3n) is 2.69. The summed E-state index contributed by atoms with van der Waals surface area (Å²) in [6.45, 7) is 1.36. The molecule has 0 radical (unpaired) electrons. The molecular formula is C11H16N2O6S2. The van der Waals surface area contributed by atoms with Gasteiger partial charge >= 0.3 is 10.8 Å². The van der Waals surface area contributed by atoms with E-state index in [1.807, 2.05) is 0 Å². The van der Waals surface area contributed by atoms with Crippen molar-refractivity contribution in [2.45, 2.75) is 25.9 Å². The molecule has 0 bridgehead atoms. The highest BCUT2D eigenvalue weighted by Crippen LogP contribution is 2.01. The number of sulfone groups is 1. The third kappa shape index (κ3) is 5.68. The lowest BCUT2D eigenvalue weighted by Crippen LogP contribution is -2.44. The molecule has 1 amide bonds. The Bertz CT molecular complexity index is 688. The molecule has 0 aromatic carbocycles. The molecule has 1 aromatic heterocycles. The largest absolute Gasteiger partial charge is 0.480 e. The van der Waals surface area contributed by atoms with Crippen molar-refractivity contribution in [3.05, 3.63) is 20.7 Å². The van der Waals surface area contributed by atoms with E-state index in [0.717, 1.165) is 17.6 Å². The summed E-state index contributed by atoms with van der Waals surface area (Å²) in [5, 5.41) is 12.8. The fourth-order valence-electron chi connectivity index (χ4n) is 1.57. The number of aromatic nitrogens is 1. The second-order valence-electron chi connectivity index (χ2n) is 4.61. The molecule has 0 aliphatic carbocycles. The summed E-state index contributed by atoms with van der Waals surface area (Å²) in [5.41, 5.74) is 0.600. The molecule has 1 heterocycles. The average molecular weight is 336 g/mol. The van der Waals surface area contributed by atoms with E-state index in [1.165, 1.54) is 4.57 Å². The van der Waals surface area contributed by atoms with Crippen LogP contribution in [0, 0.1) is 6.92 Å². The zero-order valence-corrected chi connectivity index (χ0v) is 13.2. The van der Waals surface area contributed by atoms with Crippen LogP contribution in [0.3, 0.4) is 0 Å². The number of amides is 1. The number of carbonyl (C=O) groups is 2. The van der Waals surface area contributed by atoms with Crippen LogP contribution in [-0.2, 0) is 26.0 Å². The molecule has 10 heteroatoms. The molecule has 0 fully saturated rings. The minimum atomic E-state index is -3.32. The summed E-state index contributed by atoms with van der Waals surface area (Å²) in [6.07, 6.45) is 0.763. The van der Waals surface area contributed by atoms with E-state index in [-0.39, 0.29) is 23.6 Å². The Kier molecular flexibility index (Phi) is 5.67. The smallest absolute Gasteiger partial charge is 0.326 e. The molecule has 1 atom stereocenters. The minimum absolute atomic E-state index is 0.225. The number of hydrogen-bond acceptors (Lipinski definition) is 6. The number of aryl methyl sites for hydroxylation is 1. The molecule has 21 heavy (non-hydrogen) atoms. The van der Waals surface area contributed by atoms with E-state index in [2.05, 4.69) is 5.32 Å². The molecule has 0 aliphatic heterocycles. The average Bonchev–Trinajstić information content (AvgIpc) is 2.64. The number of rotatable bonds is 7. The van der Waals surface area contributed by atoms with Gasteiger partial charge in [0, 0.05) is 17.3 Å². The molecule has 1 rings (SSSR count). The Morgan fingerprint density at radius 1 is 1.48 bits per heavy atom. The van der Waals surface area contributed by atoms with Crippen LogP contribution in [0.25, 0.3) is 0 Å². The van der Waals surface area contributed by atoms with Crippen LogP contribution in [0.1, 0.15) is 12.1 Å². The number of carbonyl (C=O) groups excluding carboxylic acids is 1. The second-order valence-corrected chi connectivity index (χ2v) is 7.69. The number of nitrogens with one attached hydrogen (secondary N) is 1. The maximum absolute atomic E-state index is 11.8. The van der Waals surface area contributed by atoms with Crippen molar-refractivity contribution in [3.8, 4) is 0 Å². The summed E-state index contributed by atoms with van der Waals surface area (Å²) in [7, 11) is -3.32. The quantitative estimate of drug-likeness (QED) is 0.673. The van der Waals surface area contributed by atoms with E-state index in [0.29, 0.717) is 5.69 Å². The highest BCUT2D eigenvalue weighted by molar-refractivity contribution is 7.90. The summed E-state index contributed by atoms with van der Waals surface area (Å²) in [4.78, 5) is 33.9. The van der Waals surface area contributed by atoms with Crippen LogP contribution in [0.4, 0.5) is 0 Å². The first-order valence-corrected chi connectivity index (χ1v) is 8.89. The first-order chi connectivity index (χ1) is 9.60. The van der Waals surface area contributed by atoms with Gasteiger partial charge in [0.15, 0.2) is 0 Å². The van der Waals surface area contributed by atoms with Gasteiger partial charge in [0.2, 0.25) is 5.91 Å². The number of carboxylic acids is 1. The molecule has 8 nitrogen and oxygen atoms in total. The fourth-order valence-corrected chi connectivity index (χ4v) is 2.97. The Labute approximate surface area is 125 Å². The van der Waals surface area contributed by atoms with Crippen molar-refractivity contribution in [3.63, 3.8) is 0 Å². The van der Waals surface area contributed by atoms with Crippen molar-refractivity contribution in [1.82, 2.24) is 9.88 Å². The predicted molar refractivity (Wildman–Crippen MR) is 77.2 cm³/mol. The van der Waals surface area contributed by atoms with Crippen LogP contribution in [0.15, 0.2) is 10.2 Å². The van der Waals surface area contributed by atoms with Crippen LogP contribution in [0.5, 0.6) is 0 Å². The molecule has 118 valence electrons. The van der Waals surface area contributed by atoms with Crippen LogP contribution in [0.2, 0.25) is 0 Å². The lowest BCUT2D eigenvalue weighted by Gasteiger charge is -2.14. The van der Waals surface area contributed by atoms with Crippen LogP contribution in [-0.4, -0.2) is 48.0 Å². The molecule has 0 aliphatic rings. The number of thiazole rings is 1. The predicted octanol–water partition coefficient (Wildman–Crippen LogP) is -0.778. The van der Waals surface area contributed by atoms with E-state index in [4.69, 9.17) is 5.11 Å². The van der Waals surface area contributed by atoms with E-state index in [9.17, 15) is 22.8 Å². The molecule has 1 unspecified atom stereocenters. The van der Waals surface area contributed by atoms with E-state index >= 15 is 0 Å². The topological polar surface area (TPSA) is 123 Å². The summed E-state index contributed by atoms with van der Waals surface area (Å²) in [6, 6.07) is -1.30. The van der Waals surface area contributed by atoms with Gasteiger partial charge in [-0.15, -0.1) is 0 Å². The lowest BCUT2D eigenvalue weighted by molar-refractivity contribution is -0.141. The van der Waals surface area contributed by atoms with E-state index in [1.54, 1.807) is 12.3 Å². The SMILES string of the molecule is Cc1csc(=O)n1CC(=O)NC(CCS(C)(=O)=O)C(=O)O. The monoisotopic (exact) mass is 336 g/mol. The fraction of sp³-hybridized carbons (Fsp3) is 0.545. The Hall–Kier alpha value is -1.68. The summed E-state index contributed by atoms with van der Waals surface area (Å²) < 4.78 is 23.3.